The fraction of sp³-hybridized carbons (Fsp3) is 0.154. The molecule has 2 aromatic rings. The minimum absolute atomic E-state index is 0.135. The number of hydrogen-bond donors (Lipinski definition) is 2. The van der Waals surface area contributed by atoms with Gasteiger partial charge in [-0.15, -0.1) is 11.3 Å². The van der Waals surface area contributed by atoms with Crippen LogP contribution in [0.5, 0.6) is 5.75 Å². The Bertz CT molecular complexity index is 551. The van der Waals surface area contributed by atoms with Crippen LogP contribution >= 0.6 is 11.3 Å². The van der Waals surface area contributed by atoms with Crippen LogP contribution in [0.4, 0.5) is 5.69 Å². The van der Waals surface area contributed by atoms with Crippen LogP contribution in [0.2, 0.25) is 0 Å². The van der Waals surface area contributed by atoms with Crippen molar-refractivity contribution in [1.82, 2.24) is 5.32 Å². The number of carbonyl (C=O) groups excluding carboxylic acids is 1. The van der Waals surface area contributed by atoms with Crippen molar-refractivity contribution in [1.29, 1.82) is 0 Å². The maximum atomic E-state index is 11.9. The lowest BCUT2D eigenvalue weighted by molar-refractivity contribution is 0.0952. The monoisotopic (exact) mass is 262 g/mol. The summed E-state index contributed by atoms with van der Waals surface area (Å²) in [5.41, 5.74) is 7.34. The summed E-state index contributed by atoms with van der Waals surface area (Å²) in [6, 6.07) is 9.21. The van der Waals surface area contributed by atoms with Gasteiger partial charge in [-0.05, 0) is 29.1 Å². The molecule has 0 fully saturated rings. The van der Waals surface area contributed by atoms with Gasteiger partial charge in [-0.25, -0.2) is 0 Å². The lowest BCUT2D eigenvalue weighted by Crippen LogP contribution is -2.22. The Morgan fingerprint density at radius 2 is 2.28 bits per heavy atom. The summed E-state index contributed by atoms with van der Waals surface area (Å²) < 4.78 is 5.11. The van der Waals surface area contributed by atoms with Crippen LogP contribution in [0, 0.1) is 0 Å². The van der Waals surface area contributed by atoms with Crippen molar-refractivity contribution in [2.75, 3.05) is 12.8 Å². The second-order valence-corrected chi connectivity index (χ2v) is 4.66. The van der Waals surface area contributed by atoms with E-state index in [1.165, 1.54) is 11.3 Å². The highest BCUT2D eigenvalue weighted by molar-refractivity contribution is 7.12. The van der Waals surface area contributed by atoms with Crippen molar-refractivity contribution in [2.45, 2.75) is 6.54 Å². The van der Waals surface area contributed by atoms with Gasteiger partial charge in [0.05, 0.1) is 7.11 Å². The van der Waals surface area contributed by atoms with E-state index in [1.54, 1.807) is 13.2 Å². The van der Waals surface area contributed by atoms with E-state index in [9.17, 15) is 4.79 Å². The molecule has 0 atom stereocenters. The van der Waals surface area contributed by atoms with E-state index in [4.69, 9.17) is 10.5 Å². The normalized spacial score (nSPS) is 10.1. The number of rotatable bonds is 4. The molecule has 94 valence electrons. The van der Waals surface area contributed by atoms with Crippen LogP contribution in [0.1, 0.15) is 15.2 Å². The van der Waals surface area contributed by atoms with E-state index >= 15 is 0 Å². The third-order valence-electron chi connectivity index (χ3n) is 2.46. The van der Waals surface area contributed by atoms with Gasteiger partial charge in [-0.1, -0.05) is 12.1 Å². The number of methoxy groups -OCH3 is 1. The summed E-state index contributed by atoms with van der Waals surface area (Å²) in [6.45, 7) is 0.449. The molecule has 3 N–H and O–H groups in total. The van der Waals surface area contributed by atoms with Gasteiger partial charge in [-0.2, -0.15) is 0 Å². The first-order valence-electron chi connectivity index (χ1n) is 5.45. The van der Waals surface area contributed by atoms with Crippen molar-refractivity contribution in [3.8, 4) is 5.75 Å². The lowest BCUT2D eigenvalue weighted by atomic mass is 10.2. The van der Waals surface area contributed by atoms with E-state index in [0.29, 0.717) is 22.9 Å². The van der Waals surface area contributed by atoms with Gasteiger partial charge >= 0.3 is 0 Å². The number of ether oxygens (including phenoxy) is 1. The van der Waals surface area contributed by atoms with Crippen LogP contribution in [-0.2, 0) is 6.54 Å². The predicted molar refractivity (Wildman–Crippen MR) is 72.9 cm³/mol. The topological polar surface area (TPSA) is 64.3 Å². The molecule has 0 aliphatic carbocycles. The van der Waals surface area contributed by atoms with Gasteiger partial charge in [-0.3, -0.25) is 4.79 Å². The van der Waals surface area contributed by atoms with Crippen molar-refractivity contribution in [2.24, 2.45) is 0 Å². The molecule has 1 heterocycles. The highest BCUT2D eigenvalue weighted by Gasteiger charge is 2.13. The summed E-state index contributed by atoms with van der Waals surface area (Å²) >= 11 is 1.36. The smallest absolute Gasteiger partial charge is 0.265 e. The average molecular weight is 262 g/mol. The molecule has 18 heavy (non-hydrogen) atoms. The van der Waals surface area contributed by atoms with Gasteiger partial charge in [0.15, 0.2) is 0 Å². The second-order valence-electron chi connectivity index (χ2n) is 3.75. The second kappa shape index (κ2) is 5.55. The molecule has 0 aliphatic heterocycles. The van der Waals surface area contributed by atoms with Crippen molar-refractivity contribution < 1.29 is 9.53 Å². The molecule has 1 aromatic carbocycles. The number of thiophene rings is 1. The van der Waals surface area contributed by atoms with E-state index in [0.717, 1.165) is 5.56 Å². The minimum Gasteiger partial charge on any atom is -0.495 e. The Morgan fingerprint density at radius 1 is 1.44 bits per heavy atom. The molecule has 0 spiro atoms. The zero-order valence-corrected chi connectivity index (χ0v) is 10.8. The summed E-state index contributed by atoms with van der Waals surface area (Å²) in [7, 11) is 1.55. The van der Waals surface area contributed by atoms with Crippen molar-refractivity contribution >= 4 is 22.9 Å². The molecule has 4 nitrogen and oxygen atoms in total. The fourth-order valence-electron chi connectivity index (χ4n) is 1.59. The third kappa shape index (κ3) is 2.81. The third-order valence-corrected chi connectivity index (χ3v) is 3.35. The number of hydrogen-bond acceptors (Lipinski definition) is 4. The van der Waals surface area contributed by atoms with Crippen LogP contribution < -0.4 is 15.8 Å². The number of benzene rings is 1. The molecule has 0 saturated carbocycles. The molecular weight excluding hydrogens is 248 g/mol. The summed E-state index contributed by atoms with van der Waals surface area (Å²) in [4.78, 5) is 12.5. The molecule has 5 heteroatoms. The van der Waals surface area contributed by atoms with E-state index in [-0.39, 0.29) is 5.91 Å². The Labute approximate surface area is 109 Å². The molecule has 1 amide bonds. The SMILES string of the molecule is COc1ccsc1C(=O)NCc1cccc(N)c1. The Hall–Kier alpha value is -2.01. The quantitative estimate of drug-likeness (QED) is 0.831. The van der Waals surface area contributed by atoms with Gasteiger partial charge < -0.3 is 15.8 Å². The van der Waals surface area contributed by atoms with Crippen molar-refractivity contribution in [3.05, 3.63) is 46.2 Å². The fourth-order valence-corrected chi connectivity index (χ4v) is 2.36. The summed E-state index contributed by atoms with van der Waals surface area (Å²) in [5.74, 6) is 0.467. The largest absolute Gasteiger partial charge is 0.495 e. The predicted octanol–water partition coefficient (Wildman–Crippen LogP) is 2.27. The lowest BCUT2D eigenvalue weighted by Gasteiger charge is -2.06. The molecule has 0 radical (unpaired) electrons. The van der Waals surface area contributed by atoms with Crippen LogP contribution in [0.15, 0.2) is 35.7 Å². The van der Waals surface area contributed by atoms with Gasteiger partial charge in [0, 0.05) is 12.2 Å². The minimum atomic E-state index is -0.135. The molecular formula is C13H14N2O2S. The number of amides is 1. The maximum Gasteiger partial charge on any atom is 0.265 e. The standard InChI is InChI=1S/C13H14N2O2S/c1-17-11-5-6-18-12(11)13(16)15-8-9-3-2-4-10(14)7-9/h2-7H,8,14H2,1H3,(H,15,16). The van der Waals surface area contributed by atoms with Gasteiger partial charge in [0.25, 0.3) is 5.91 Å². The van der Waals surface area contributed by atoms with Gasteiger partial charge in [0.2, 0.25) is 0 Å². The zero-order valence-electron chi connectivity index (χ0n) is 9.97. The van der Waals surface area contributed by atoms with Crippen LogP contribution in [0.3, 0.4) is 0 Å². The number of nitrogen functional groups attached to an aromatic ring is 1. The van der Waals surface area contributed by atoms with Crippen LogP contribution in [-0.4, -0.2) is 13.0 Å². The number of carbonyl (C=O) groups is 1. The molecule has 0 aliphatic rings. The maximum absolute atomic E-state index is 11.9. The molecule has 2 rings (SSSR count). The molecule has 0 bridgehead atoms. The van der Waals surface area contributed by atoms with Crippen LogP contribution in [0.25, 0.3) is 0 Å². The highest BCUT2D eigenvalue weighted by Crippen LogP contribution is 2.24. The summed E-state index contributed by atoms with van der Waals surface area (Å²) in [6.07, 6.45) is 0. The van der Waals surface area contributed by atoms with E-state index < -0.39 is 0 Å². The molecule has 0 saturated heterocycles. The zero-order chi connectivity index (χ0) is 13.0. The van der Waals surface area contributed by atoms with Gasteiger partial charge in [0.1, 0.15) is 10.6 Å². The first-order chi connectivity index (χ1) is 8.70. The molecule has 0 unspecified atom stereocenters. The Balaban J connectivity index is 2.00. The Kier molecular flexibility index (Phi) is 3.84. The highest BCUT2D eigenvalue weighted by atomic mass is 32.1. The first-order valence-corrected chi connectivity index (χ1v) is 6.33. The van der Waals surface area contributed by atoms with Crippen molar-refractivity contribution in [3.63, 3.8) is 0 Å². The number of anilines is 1. The van der Waals surface area contributed by atoms with E-state index in [1.807, 2.05) is 29.6 Å². The average Bonchev–Trinajstić information content (AvgIpc) is 2.84. The number of nitrogens with one attached hydrogen (secondary N) is 1. The Morgan fingerprint density at radius 3 is 3.00 bits per heavy atom. The first kappa shape index (κ1) is 12.4. The number of nitrogens with two attached hydrogens (primary N) is 1. The molecule has 1 aromatic heterocycles. The summed E-state index contributed by atoms with van der Waals surface area (Å²) in [5, 5.41) is 4.67. The van der Waals surface area contributed by atoms with E-state index in [2.05, 4.69) is 5.32 Å².